The van der Waals surface area contributed by atoms with Crippen molar-refractivity contribution in [1.82, 2.24) is 5.32 Å². The summed E-state index contributed by atoms with van der Waals surface area (Å²) in [6, 6.07) is 3.10. The largest absolute Gasteiger partial charge is 0.325 e. The van der Waals surface area contributed by atoms with Gasteiger partial charge in [0, 0.05) is 18.3 Å². The number of rotatable bonds is 2. The number of amides is 1. The monoisotopic (exact) mass is 280 g/mol. The molecule has 2 aliphatic rings. The molecule has 108 valence electrons. The molecule has 1 saturated heterocycles. The van der Waals surface area contributed by atoms with Gasteiger partial charge in [-0.25, -0.2) is 8.78 Å². The van der Waals surface area contributed by atoms with E-state index in [2.05, 4.69) is 10.6 Å². The molecule has 3 nitrogen and oxygen atoms in total. The first-order valence-electron chi connectivity index (χ1n) is 7.08. The Kier molecular flexibility index (Phi) is 3.46. The Balaban J connectivity index is 1.81. The second kappa shape index (κ2) is 5.13. The molecule has 0 bridgehead atoms. The smallest absolute Gasteiger partial charge is 0.232 e. The minimum Gasteiger partial charge on any atom is -0.325 e. The first-order chi connectivity index (χ1) is 9.60. The van der Waals surface area contributed by atoms with Gasteiger partial charge >= 0.3 is 0 Å². The highest BCUT2D eigenvalue weighted by Crippen LogP contribution is 2.44. The van der Waals surface area contributed by atoms with E-state index in [1.165, 1.54) is 0 Å². The topological polar surface area (TPSA) is 41.1 Å². The molecule has 1 heterocycles. The molecule has 5 heteroatoms. The Labute approximate surface area is 116 Å². The summed E-state index contributed by atoms with van der Waals surface area (Å²) in [5.41, 5.74) is -0.223. The van der Waals surface area contributed by atoms with Crippen LogP contribution in [0.3, 0.4) is 0 Å². The van der Waals surface area contributed by atoms with Crippen molar-refractivity contribution >= 4 is 11.6 Å². The van der Waals surface area contributed by atoms with Crippen LogP contribution in [0.5, 0.6) is 0 Å². The molecule has 1 amide bonds. The van der Waals surface area contributed by atoms with Gasteiger partial charge in [-0.3, -0.25) is 4.79 Å². The Morgan fingerprint density at radius 3 is 2.75 bits per heavy atom. The number of hydrogen-bond donors (Lipinski definition) is 2. The fourth-order valence-corrected chi connectivity index (χ4v) is 3.57. The fraction of sp³-hybridized carbons (Fsp3) is 0.533. The molecule has 1 saturated carbocycles. The van der Waals surface area contributed by atoms with Gasteiger partial charge in [0.1, 0.15) is 11.6 Å². The standard InChI is InChI=1S/C15H18F2N2O/c16-11-5-12(17)7-13(6-11)19-14(20)15-4-2-1-3-10(15)8-18-9-15/h5-7,10,18H,1-4,8-9H2,(H,19,20)/t10-,15+/m0/s1. The Hall–Kier alpha value is -1.49. The van der Waals surface area contributed by atoms with Crippen LogP contribution in [-0.4, -0.2) is 19.0 Å². The molecule has 0 radical (unpaired) electrons. The number of carbonyl (C=O) groups is 1. The van der Waals surface area contributed by atoms with Crippen LogP contribution >= 0.6 is 0 Å². The molecular weight excluding hydrogens is 262 g/mol. The summed E-state index contributed by atoms with van der Waals surface area (Å²) in [6.45, 7) is 1.51. The molecule has 2 atom stereocenters. The lowest BCUT2D eigenvalue weighted by atomic mass is 9.67. The Morgan fingerprint density at radius 2 is 2.00 bits per heavy atom. The first-order valence-corrected chi connectivity index (χ1v) is 7.08. The summed E-state index contributed by atoms with van der Waals surface area (Å²) in [5.74, 6) is -1.14. The molecule has 1 aromatic carbocycles. The van der Waals surface area contributed by atoms with Crippen molar-refractivity contribution < 1.29 is 13.6 Å². The lowest BCUT2D eigenvalue weighted by molar-refractivity contribution is -0.128. The number of nitrogens with one attached hydrogen (secondary N) is 2. The summed E-state index contributed by atoms with van der Waals surface area (Å²) >= 11 is 0. The van der Waals surface area contributed by atoms with Crippen molar-refractivity contribution in [2.24, 2.45) is 11.3 Å². The SMILES string of the molecule is O=C(Nc1cc(F)cc(F)c1)[C@@]12CCCC[C@H]1CNC2. The van der Waals surface area contributed by atoms with Crippen molar-refractivity contribution in [2.45, 2.75) is 25.7 Å². The van der Waals surface area contributed by atoms with Gasteiger partial charge in [-0.1, -0.05) is 12.8 Å². The van der Waals surface area contributed by atoms with E-state index in [9.17, 15) is 13.6 Å². The van der Waals surface area contributed by atoms with E-state index < -0.39 is 17.0 Å². The third kappa shape index (κ3) is 2.30. The molecule has 1 aliphatic carbocycles. The molecule has 3 rings (SSSR count). The normalized spacial score (nSPS) is 29.0. The highest BCUT2D eigenvalue weighted by atomic mass is 19.1. The van der Waals surface area contributed by atoms with Gasteiger partial charge in [0.2, 0.25) is 5.91 Å². The van der Waals surface area contributed by atoms with E-state index in [0.29, 0.717) is 12.5 Å². The fourth-order valence-electron chi connectivity index (χ4n) is 3.57. The Bertz CT molecular complexity index is 514. The lowest BCUT2D eigenvalue weighted by Crippen LogP contribution is -2.44. The second-order valence-electron chi connectivity index (χ2n) is 5.84. The zero-order chi connectivity index (χ0) is 14.2. The number of fused-ring (bicyclic) bond motifs is 1. The molecule has 0 unspecified atom stereocenters. The number of hydrogen-bond acceptors (Lipinski definition) is 2. The maximum absolute atomic E-state index is 13.2. The van der Waals surface area contributed by atoms with Crippen molar-refractivity contribution in [3.63, 3.8) is 0 Å². The van der Waals surface area contributed by atoms with E-state index in [-0.39, 0.29) is 11.6 Å². The van der Waals surface area contributed by atoms with Gasteiger partial charge in [0.25, 0.3) is 0 Å². The van der Waals surface area contributed by atoms with Crippen LogP contribution in [0.4, 0.5) is 14.5 Å². The third-order valence-corrected chi connectivity index (χ3v) is 4.61. The molecular formula is C15H18F2N2O. The molecule has 2 N–H and O–H groups in total. The van der Waals surface area contributed by atoms with Crippen molar-refractivity contribution in [3.8, 4) is 0 Å². The molecule has 20 heavy (non-hydrogen) atoms. The number of anilines is 1. The predicted octanol–water partition coefficient (Wildman–Crippen LogP) is 2.68. The van der Waals surface area contributed by atoms with E-state index in [4.69, 9.17) is 0 Å². The van der Waals surface area contributed by atoms with Gasteiger partial charge in [0.15, 0.2) is 0 Å². The summed E-state index contributed by atoms with van der Waals surface area (Å²) in [5, 5.41) is 5.98. The summed E-state index contributed by atoms with van der Waals surface area (Å²) in [4.78, 5) is 12.6. The van der Waals surface area contributed by atoms with E-state index in [1.54, 1.807) is 0 Å². The van der Waals surface area contributed by atoms with Crippen molar-refractivity contribution in [2.75, 3.05) is 18.4 Å². The molecule has 1 aromatic rings. The van der Waals surface area contributed by atoms with Gasteiger partial charge in [-0.15, -0.1) is 0 Å². The average molecular weight is 280 g/mol. The maximum atomic E-state index is 13.2. The number of halogens is 2. The van der Waals surface area contributed by atoms with Crippen LogP contribution in [0.2, 0.25) is 0 Å². The quantitative estimate of drug-likeness (QED) is 0.874. The minimum atomic E-state index is -0.678. The molecule has 2 fully saturated rings. The van der Waals surface area contributed by atoms with Gasteiger partial charge < -0.3 is 10.6 Å². The molecule has 0 aromatic heterocycles. The van der Waals surface area contributed by atoms with Crippen LogP contribution in [0.15, 0.2) is 18.2 Å². The summed E-state index contributed by atoms with van der Waals surface area (Å²) < 4.78 is 26.4. The van der Waals surface area contributed by atoms with Crippen molar-refractivity contribution in [1.29, 1.82) is 0 Å². The van der Waals surface area contributed by atoms with Crippen molar-refractivity contribution in [3.05, 3.63) is 29.8 Å². The van der Waals surface area contributed by atoms with Gasteiger partial charge in [0.05, 0.1) is 5.41 Å². The van der Waals surface area contributed by atoms with Crippen LogP contribution in [-0.2, 0) is 4.79 Å². The average Bonchev–Trinajstić information content (AvgIpc) is 2.82. The zero-order valence-electron chi connectivity index (χ0n) is 11.2. The van der Waals surface area contributed by atoms with Crippen LogP contribution in [0.25, 0.3) is 0 Å². The first kappa shape index (κ1) is 13.5. The lowest BCUT2D eigenvalue weighted by Gasteiger charge is -2.37. The summed E-state index contributed by atoms with van der Waals surface area (Å²) in [6.07, 6.45) is 4.06. The van der Waals surface area contributed by atoms with Gasteiger partial charge in [-0.2, -0.15) is 0 Å². The third-order valence-electron chi connectivity index (χ3n) is 4.61. The van der Waals surface area contributed by atoms with E-state index in [0.717, 1.165) is 50.4 Å². The molecule has 1 aliphatic heterocycles. The Morgan fingerprint density at radius 1 is 1.25 bits per heavy atom. The second-order valence-corrected chi connectivity index (χ2v) is 5.84. The zero-order valence-corrected chi connectivity index (χ0v) is 11.2. The van der Waals surface area contributed by atoms with Gasteiger partial charge in [-0.05, 0) is 37.4 Å². The van der Waals surface area contributed by atoms with Crippen LogP contribution in [0, 0.1) is 23.0 Å². The predicted molar refractivity (Wildman–Crippen MR) is 72.2 cm³/mol. The van der Waals surface area contributed by atoms with Crippen LogP contribution < -0.4 is 10.6 Å². The highest BCUT2D eigenvalue weighted by Gasteiger charge is 2.49. The van der Waals surface area contributed by atoms with Crippen LogP contribution in [0.1, 0.15) is 25.7 Å². The maximum Gasteiger partial charge on any atom is 0.232 e. The highest BCUT2D eigenvalue weighted by molar-refractivity contribution is 5.96. The number of benzene rings is 1. The number of carbonyl (C=O) groups excluding carboxylic acids is 1. The van der Waals surface area contributed by atoms with E-state index in [1.807, 2.05) is 0 Å². The van der Waals surface area contributed by atoms with E-state index >= 15 is 0 Å². The molecule has 0 spiro atoms. The summed E-state index contributed by atoms with van der Waals surface area (Å²) in [7, 11) is 0. The minimum absolute atomic E-state index is 0.114.